The highest BCUT2D eigenvalue weighted by molar-refractivity contribution is 6.30. The van der Waals surface area contributed by atoms with E-state index in [2.05, 4.69) is 10.2 Å². The summed E-state index contributed by atoms with van der Waals surface area (Å²) < 4.78 is 13.8. The van der Waals surface area contributed by atoms with E-state index < -0.39 is 0 Å². The zero-order chi connectivity index (χ0) is 16.9. The highest BCUT2D eigenvalue weighted by Gasteiger charge is 2.20. The second kappa shape index (κ2) is 7.64. The predicted molar refractivity (Wildman–Crippen MR) is 95.1 cm³/mol. The molecule has 0 aromatic heterocycles. The van der Waals surface area contributed by atoms with Gasteiger partial charge in [0, 0.05) is 36.9 Å². The average molecular weight is 348 g/mol. The second-order valence-electron chi connectivity index (χ2n) is 5.77. The van der Waals surface area contributed by atoms with Crippen molar-refractivity contribution in [1.29, 1.82) is 0 Å². The summed E-state index contributed by atoms with van der Waals surface area (Å²) >= 11 is 5.91. The molecule has 3 rings (SSSR count). The number of benzene rings is 2. The summed E-state index contributed by atoms with van der Waals surface area (Å²) in [6.07, 6.45) is 0. The maximum absolute atomic E-state index is 13.8. The summed E-state index contributed by atoms with van der Waals surface area (Å²) in [4.78, 5) is 16.2. The second-order valence-corrected chi connectivity index (χ2v) is 6.21. The van der Waals surface area contributed by atoms with Gasteiger partial charge in [0.05, 0.1) is 12.2 Å². The third-order valence-electron chi connectivity index (χ3n) is 4.04. The topological polar surface area (TPSA) is 35.6 Å². The van der Waals surface area contributed by atoms with Crippen molar-refractivity contribution < 1.29 is 9.18 Å². The molecule has 1 aliphatic heterocycles. The summed E-state index contributed by atoms with van der Waals surface area (Å²) in [6.45, 7) is 3.16. The molecule has 2 aromatic carbocycles. The van der Waals surface area contributed by atoms with E-state index in [1.54, 1.807) is 36.4 Å². The van der Waals surface area contributed by atoms with Crippen LogP contribution in [0.4, 0.5) is 15.8 Å². The highest BCUT2D eigenvalue weighted by Crippen LogP contribution is 2.20. The molecule has 1 N–H and O–H groups in total. The van der Waals surface area contributed by atoms with Gasteiger partial charge >= 0.3 is 0 Å². The van der Waals surface area contributed by atoms with Crippen molar-refractivity contribution in [3.05, 3.63) is 59.4 Å². The number of para-hydroxylation sites is 1. The molecule has 24 heavy (non-hydrogen) atoms. The summed E-state index contributed by atoms with van der Waals surface area (Å²) in [6, 6.07) is 13.9. The van der Waals surface area contributed by atoms with Gasteiger partial charge in [-0.2, -0.15) is 0 Å². The van der Waals surface area contributed by atoms with E-state index in [1.807, 2.05) is 11.0 Å². The molecule has 0 atom stereocenters. The first-order valence-corrected chi connectivity index (χ1v) is 8.27. The van der Waals surface area contributed by atoms with Crippen LogP contribution in [0.25, 0.3) is 0 Å². The number of carbonyl (C=O) groups is 1. The molecule has 1 saturated heterocycles. The van der Waals surface area contributed by atoms with Gasteiger partial charge in [0.2, 0.25) is 5.91 Å². The van der Waals surface area contributed by atoms with E-state index in [9.17, 15) is 9.18 Å². The van der Waals surface area contributed by atoms with Crippen molar-refractivity contribution in [3.8, 4) is 0 Å². The van der Waals surface area contributed by atoms with Gasteiger partial charge in [-0.25, -0.2) is 4.39 Å². The Hall–Kier alpha value is -2.11. The molecule has 1 aliphatic rings. The van der Waals surface area contributed by atoms with Gasteiger partial charge in [-0.3, -0.25) is 9.69 Å². The number of nitrogens with zero attached hydrogens (tertiary/aromatic N) is 2. The first-order chi connectivity index (χ1) is 11.6. The lowest BCUT2D eigenvalue weighted by atomic mass is 10.2. The molecule has 0 bridgehead atoms. The lowest BCUT2D eigenvalue weighted by molar-refractivity contribution is -0.117. The van der Waals surface area contributed by atoms with E-state index in [-0.39, 0.29) is 11.7 Å². The van der Waals surface area contributed by atoms with Crippen LogP contribution in [0.3, 0.4) is 0 Å². The Bertz CT molecular complexity index is 717. The van der Waals surface area contributed by atoms with Gasteiger partial charge in [0.25, 0.3) is 0 Å². The maximum atomic E-state index is 13.8. The van der Waals surface area contributed by atoms with Crippen molar-refractivity contribution in [2.45, 2.75) is 0 Å². The van der Waals surface area contributed by atoms with Gasteiger partial charge in [-0.15, -0.1) is 0 Å². The van der Waals surface area contributed by atoms with E-state index in [0.717, 1.165) is 13.1 Å². The van der Waals surface area contributed by atoms with Crippen LogP contribution in [0, 0.1) is 5.82 Å². The van der Waals surface area contributed by atoms with Gasteiger partial charge < -0.3 is 10.2 Å². The van der Waals surface area contributed by atoms with Crippen LogP contribution in [0.2, 0.25) is 5.02 Å². The number of rotatable bonds is 4. The molecule has 0 radical (unpaired) electrons. The summed E-state index contributed by atoms with van der Waals surface area (Å²) in [5.41, 5.74) is 1.32. The van der Waals surface area contributed by atoms with E-state index >= 15 is 0 Å². The largest absolute Gasteiger partial charge is 0.367 e. The molecule has 4 nitrogen and oxygen atoms in total. The predicted octanol–water partition coefficient (Wildman–Crippen LogP) is 3.24. The SMILES string of the molecule is O=C(CN1CCN(c2ccccc2F)CC1)Nc1cccc(Cl)c1. The summed E-state index contributed by atoms with van der Waals surface area (Å²) in [7, 11) is 0. The minimum absolute atomic E-state index is 0.0726. The Kier molecular flexibility index (Phi) is 5.33. The van der Waals surface area contributed by atoms with Gasteiger partial charge in [-0.1, -0.05) is 29.8 Å². The van der Waals surface area contributed by atoms with Crippen LogP contribution in [0.15, 0.2) is 48.5 Å². The van der Waals surface area contributed by atoms with Gasteiger partial charge in [0.1, 0.15) is 5.82 Å². The number of nitrogens with one attached hydrogen (secondary N) is 1. The minimum atomic E-state index is -0.204. The number of anilines is 2. The first kappa shape index (κ1) is 16.7. The molecule has 1 heterocycles. The fraction of sp³-hybridized carbons (Fsp3) is 0.278. The van der Waals surface area contributed by atoms with Crippen LogP contribution in [-0.2, 0) is 4.79 Å². The van der Waals surface area contributed by atoms with Crippen molar-refractivity contribution in [3.63, 3.8) is 0 Å². The van der Waals surface area contributed by atoms with E-state index in [4.69, 9.17) is 11.6 Å². The molecule has 6 heteroatoms. The van der Waals surface area contributed by atoms with Crippen LogP contribution in [0.5, 0.6) is 0 Å². The quantitative estimate of drug-likeness (QED) is 0.922. The fourth-order valence-corrected chi connectivity index (χ4v) is 3.02. The molecule has 2 aromatic rings. The van der Waals surface area contributed by atoms with Crippen molar-refractivity contribution in [2.24, 2.45) is 0 Å². The zero-order valence-electron chi connectivity index (χ0n) is 13.2. The van der Waals surface area contributed by atoms with Crippen molar-refractivity contribution >= 4 is 28.9 Å². The van der Waals surface area contributed by atoms with Gasteiger partial charge in [-0.05, 0) is 30.3 Å². The number of halogens is 2. The molecule has 0 aliphatic carbocycles. The number of hydrogen-bond acceptors (Lipinski definition) is 3. The summed E-state index contributed by atoms with van der Waals surface area (Å²) in [5, 5.41) is 3.43. The Balaban J connectivity index is 1.50. The van der Waals surface area contributed by atoms with Crippen molar-refractivity contribution in [1.82, 2.24) is 4.90 Å². The lowest BCUT2D eigenvalue weighted by Crippen LogP contribution is -2.48. The average Bonchev–Trinajstić information content (AvgIpc) is 2.56. The molecular formula is C18H19ClFN3O. The molecule has 0 spiro atoms. The molecule has 0 saturated carbocycles. The molecule has 126 valence electrons. The van der Waals surface area contributed by atoms with Gasteiger partial charge in [0.15, 0.2) is 0 Å². The normalized spacial score (nSPS) is 15.3. The van der Waals surface area contributed by atoms with Crippen LogP contribution >= 0.6 is 11.6 Å². The Morgan fingerprint density at radius 1 is 1.08 bits per heavy atom. The summed E-state index contributed by atoms with van der Waals surface area (Å²) in [5.74, 6) is -0.277. The molecular weight excluding hydrogens is 329 g/mol. The van der Waals surface area contributed by atoms with Crippen LogP contribution in [-0.4, -0.2) is 43.5 Å². The maximum Gasteiger partial charge on any atom is 0.238 e. The number of piperazine rings is 1. The van der Waals surface area contributed by atoms with E-state index in [0.29, 0.717) is 36.0 Å². The smallest absolute Gasteiger partial charge is 0.238 e. The Morgan fingerprint density at radius 2 is 1.83 bits per heavy atom. The third-order valence-corrected chi connectivity index (χ3v) is 4.28. The molecule has 0 unspecified atom stereocenters. The van der Waals surface area contributed by atoms with Crippen molar-refractivity contribution in [2.75, 3.05) is 42.9 Å². The number of carbonyl (C=O) groups excluding carboxylic acids is 1. The molecule has 1 amide bonds. The Labute approximate surface area is 145 Å². The first-order valence-electron chi connectivity index (χ1n) is 7.89. The standard InChI is InChI=1S/C18H19ClFN3O/c19-14-4-3-5-15(12-14)21-18(24)13-22-8-10-23(11-9-22)17-7-2-1-6-16(17)20/h1-7,12H,8-11,13H2,(H,21,24). The molecule has 1 fully saturated rings. The highest BCUT2D eigenvalue weighted by atomic mass is 35.5. The lowest BCUT2D eigenvalue weighted by Gasteiger charge is -2.35. The number of amides is 1. The third kappa shape index (κ3) is 4.24. The minimum Gasteiger partial charge on any atom is -0.367 e. The van der Waals surface area contributed by atoms with E-state index in [1.165, 1.54) is 6.07 Å². The van der Waals surface area contributed by atoms with Crippen LogP contribution in [0.1, 0.15) is 0 Å². The fourth-order valence-electron chi connectivity index (χ4n) is 2.82. The Morgan fingerprint density at radius 3 is 2.54 bits per heavy atom. The number of hydrogen-bond donors (Lipinski definition) is 1. The van der Waals surface area contributed by atoms with Crippen LogP contribution < -0.4 is 10.2 Å². The zero-order valence-corrected chi connectivity index (χ0v) is 14.0. The monoisotopic (exact) mass is 347 g/mol.